The number of hydrogen-bond acceptors (Lipinski definition) is 2. The summed E-state index contributed by atoms with van der Waals surface area (Å²) < 4.78 is 13.3. The molecule has 4 heteroatoms. The van der Waals surface area contributed by atoms with Gasteiger partial charge in [0, 0.05) is 25.2 Å². The van der Waals surface area contributed by atoms with Gasteiger partial charge in [0.15, 0.2) is 0 Å². The minimum Gasteiger partial charge on any atom is -0.364 e. The molecule has 2 fully saturated rings. The van der Waals surface area contributed by atoms with Gasteiger partial charge in [-0.3, -0.25) is 4.90 Å². The average Bonchev–Trinajstić information content (AvgIpc) is 2.46. The lowest BCUT2D eigenvalue weighted by Gasteiger charge is -2.51. The first-order valence-corrected chi connectivity index (χ1v) is 8.40. The van der Waals surface area contributed by atoms with E-state index >= 15 is 0 Å². The summed E-state index contributed by atoms with van der Waals surface area (Å²) in [6, 6.07) is 5.86. The molecule has 0 aliphatic carbocycles. The Morgan fingerprint density at radius 2 is 2.05 bits per heavy atom. The predicted molar refractivity (Wildman–Crippen MR) is 86.6 cm³/mol. The minimum atomic E-state index is -0.263. The lowest BCUT2D eigenvalue weighted by molar-refractivity contribution is 0.100. The highest BCUT2D eigenvalue weighted by Crippen LogP contribution is 2.35. The van der Waals surface area contributed by atoms with Gasteiger partial charge >= 0.3 is 0 Å². The summed E-state index contributed by atoms with van der Waals surface area (Å²) in [5.41, 5.74) is 0.988. The van der Waals surface area contributed by atoms with Crippen molar-refractivity contribution in [2.75, 3.05) is 24.5 Å². The highest BCUT2D eigenvalue weighted by Gasteiger charge is 2.36. The molecule has 3 rings (SSSR count). The summed E-state index contributed by atoms with van der Waals surface area (Å²) in [6.07, 6.45) is 3.90. The molecule has 1 aromatic carbocycles. The van der Waals surface area contributed by atoms with Crippen LogP contribution in [0.1, 0.15) is 33.1 Å². The topological polar surface area (TPSA) is 6.48 Å². The number of benzene rings is 1. The van der Waals surface area contributed by atoms with Crippen LogP contribution >= 0.6 is 11.6 Å². The van der Waals surface area contributed by atoms with E-state index in [1.54, 1.807) is 0 Å². The van der Waals surface area contributed by atoms with Gasteiger partial charge in [0.25, 0.3) is 0 Å². The van der Waals surface area contributed by atoms with Crippen molar-refractivity contribution in [2.45, 2.75) is 45.2 Å². The first-order valence-electron chi connectivity index (χ1n) is 8.02. The Morgan fingerprint density at radius 1 is 1.24 bits per heavy atom. The number of piperidine rings is 1. The molecule has 0 spiro atoms. The quantitative estimate of drug-likeness (QED) is 0.808. The third-order valence-corrected chi connectivity index (χ3v) is 5.27. The van der Waals surface area contributed by atoms with Gasteiger partial charge < -0.3 is 4.90 Å². The molecule has 2 saturated heterocycles. The maximum Gasteiger partial charge on any atom is 0.124 e. The molecular weight excluding hydrogens is 287 g/mol. The van der Waals surface area contributed by atoms with E-state index in [2.05, 4.69) is 23.6 Å². The summed E-state index contributed by atoms with van der Waals surface area (Å²) in [7, 11) is 0. The zero-order valence-corrected chi connectivity index (χ0v) is 13.6. The second-order valence-electron chi connectivity index (χ2n) is 6.70. The number of rotatable bonds is 2. The Kier molecular flexibility index (Phi) is 4.41. The van der Waals surface area contributed by atoms with Gasteiger partial charge in [-0.05, 0) is 43.5 Å². The summed E-state index contributed by atoms with van der Waals surface area (Å²) >= 11 is 6.31. The number of piperazine rings is 1. The van der Waals surface area contributed by atoms with Crippen LogP contribution in [-0.2, 0) is 0 Å². The van der Waals surface area contributed by atoms with Crippen LogP contribution in [0.2, 0.25) is 5.02 Å². The van der Waals surface area contributed by atoms with Gasteiger partial charge in [0.2, 0.25) is 0 Å². The van der Waals surface area contributed by atoms with Gasteiger partial charge in [-0.25, -0.2) is 4.39 Å². The molecule has 2 aliphatic rings. The molecule has 0 radical (unpaired) electrons. The van der Waals surface area contributed by atoms with Crippen molar-refractivity contribution >= 4 is 17.3 Å². The largest absolute Gasteiger partial charge is 0.364 e. The molecular formula is C17H24ClFN2. The van der Waals surface area contributed by atoms with Crippen molar-refractivity contribution in [3.05, 3.63) is 29.0 Å². The molecule has 0 bridgehead atoms. The zero-order chi connectivity index (χ0) is 15.0. The average molecular weight is 311 g/mol. The highest BCUT2D eigenvalue weighted by atomic mass is 35.5. The summed E-state index contributed by atoms with van der Waals surface area (Å²) in [5.74, 6) is 0.287. The molecule has 0 amide bonds. The van der Waals surface area contributed by atoms with Crippen molar-refractivity contribution in [3.8, 4) is 0 Å². The van der Waals surface area contributed by atoms with Crippen LogP contribution in [0, 0.1) is 11.7 Å². The van der Waals surface area contributed by atoms with Crippen LogP contribution in [0.3, 0.4) is 0 Å². The van der Waals surface area contributed by atoms with Crippen LogP contribution < -0.4 is 4.90 Å². The summed E-state index contributed by atoms with van der Waals surface area (Å²) in [5, 5.41) is 0.532. The van der Waals surface area contributed by atoms with E-state index in [1.165, 1.54) is 37.9 Å². The van der Waals surface area contributed by atoms with E-state index < -0.39 is 0 Å². The monoisotopic (exact) mass is 310 g/mol. The fourth-order valence-corrected chi connectivity index (χ4v) is 4.05. The molecule has 21 heavy (non-hydrogen) atoms. The fourth-order valence-electron chi connectivity index (χ4n) is 3.77. The number of anilines is 1. The highest BCUT2D eigenvalue weighted by molar-refractivity contribution is 6.33. The van der Waals surface area contributed by atoms with E-state index in [0.29, 0.717) is 23.0 Å². The predicted octanol–water partition coefficient (Wildman–Crippen LogP) is 4.18. The Bertz CT molecular complexity index is 506. The van der Waals surface area contributed by atoms with E-state index in [0.717, 1.165) is 18.8 Å². The summed E-state index contributed by atoms with van der Waals surface area (Å²) in [6.45, 7) is 7.85. The molecule has 2 heterocycles. The maximum absolute atomic E-state index is 13.3. The van der Waals surface area contributed by atoms with E-state index in [4.69, 9.17) is 11.6 Å². The van der Waals surface area contributed by atoms with Crippen molar-refractivity contribution < 1.29 is 4.39 Å². The van der Waals surface area contributed by atoms with Gasteiger partial charge in [0.1, 0.15) is 5.82 Å². The third kappa shape index (κ3) is 3.04. The SMILES string of the molecule is CC(C)C1CN2CCCCC2CN1c1ccc(F)cc1Cl. The van der Waals surface area contributed by atoms with Crippen LogP contribution in [0.25, 0.3) is 0 Å². The maximum atomic E-state index is 13.3. The second kappa shape index (κ2) is 6.13. The smallest absolute Gasteiger partial charge is 0.124 e. The van der Waals surface area contributed by atoms with Gasteiger partial charge in [0.05, 0.1) is 10.7 Å². The van der Waals surface area contributed by atoms with Crippen LogP contribution in [0.5, 0.6) is 0 Å². The van der Waals surface area contributed by atoms with Crippen molar-refractivity contribution in [3.63, 3.8) is 0 Å². The van der Waals surface area contributed by atoms with Gasteiger partial charge in [-0.2, -0.15) is 0 Å². The van der Waals surface area contributed by atoms with Crippen molar-refractivity contribution in [2.24, 2.45) is 5.92 Å². The molecule has 2 atom stereocenters. The van der Waals surface area contributed by atoms with Crippen molar-refractivity contribution in [1.29, 1.82) is 0 Å². The summed E-state index contributed by atoms with van der Waals surface area (Å²) in [4.78, 5) is 5.06. The van der Waals surface area contributed by atoms with Crippen LogP contribution in [0.4, 0.5) is 10.1 Å². The van der Waals surface area contributed by atoms with Crippen LogP contribution in [0.15, 0.2) is 18.2 Å². The van der Waals surface area contributed by atoms with E-state index in [9.17, 15) is 4.39 Å². The molecule has 2 unspecified atom stereocenters. The van der Waals surface area contributed by atoms with Gasteiger partial charge in [-0.1, -0.05) is 31.9 Å². The number of halogens is 2. The standard InChI is InChI=1S/C17H24ClFN2/c1-12(2)17-11-20-8-4-3-5-14(20)10-21(17)16-7-6-13(19)9-15(16)18/h6-7,9,12,14,17H,3-5,8,10-11H2,1-2H3. The molecule has 116 valence electrons. The Balaban J connectivity index is 1.90. The third-order valence-electron chi connectivity index (χ3n) is 4.97. The molecule has 0 N–H and O–H groups in total. The molecule has 0 saturated carbocycles. The lowest BCUT2D eigenvalue weighted by atomic mass is 9.91. The Labute approximate surface area is 131 Å². The molecule has 1 aromatic rings. The number of nitrogens with zero attached hydrogens (tertiary/aromatic N) is 2. The van der Waals surface area contributed by atoms with Gasteiger partial charge in [-0.15, -0.1) is 0 Å². The lowest BCUT2D eigenvalue weighted by Crippen LogP contribution is -2.61. The first-order chi connectivity index (χ1) is 10.1. The van der Waals surface area contributed by atoms with E-state index in [1.807, 2.05) is 6.07 Å². The number of hydrogen-bond donors (Lipinski definition) is 0. The van der Waals surface area contributed by atoms with Crippen molar-refractivity contribution in [1.82, 2.24) is 4.90 Å². The Morgan fingerprint density at radius 3 is 2.76 bits per heavy atom. The fraction of sp³-hybridized carbons (Fsp3) is 0.647. The Hall–Kier alpha value is -0.800. The van der Waals surface area contributed by atoms with Crippen LogP contribution in [-0.4, -0.2) is 36.6 Å². The normalized spacial score (nSPS) is 27.0. The second-order valence-corrected chi connectivity index (χ2v) is 7.11. The molecule has 2 aliphatic heterocycles. The first kappa shape index (κ1) is 15.1. The molecule has 2 nitrogen and oxygen atoms in total. The zero-order valence-electron chi connectivity index (χ0n) is 12.9. The van der Waals surface area contributed by atoms with E-state index in [-0.39, 0.29) is 5.82 Å². The molecule has 0 aromatic heterocycles. The number of fused-ring (bicyclic) bond motifs is 1. The minimum absolute atomic E-state index is 0.263.